The first-order valence-corrected chi connectivity index (χ1v) is 10.6. The maximum Gasteiger partial charge on any atom is 0.253 e. The molecule has 2 aromatic carbocycles. The standard InChI is InChI=1S/C20H25ClN2O3S/c1-5-23(6-2)27(25,26)19-13-17(11-12-18(19)21)20(24)22(4)14-16-9-7-15(3)8-10-16/h7-13H,5-6,14H2,1-4H3. The molecule has 0 atom stereocenters. The maximum atomic E-state index is 12.8. The van der Waals surface area contributed by atoms with Gasteiger partial charge in [0.05, 0.1) is 5.02 Å². The van der Waals surface area contributed by atoms with Crippen molar-refractivity contribution in [2.75, 3.05) is 20.1 Å². The highest BCUT2D eigenvalue weighted by molar-refractivity contribution is 7.89. The number of carbonyl (C=O) groups excluding carboxylic acids is 1. The zero-order valence-electron chi connectivity index (χ0n) is 16.1. The molecule has 0 aliphatic carbocycles. The van der Waals surface area contributed by atoms with Gasteiger partial charge >= 0.3 is 0 Å². The van der Waals surface area contributed by atoms with Crippen LogP contribution in [-0.4, -0.2) is 43.7 Å². The lowest BCUT2D eigenvalue weighted by molar-refractivity contribution is 0.0785. The average Bonchev–Trinajstić information content (AvgIpc) is 2.64. The first kappa shape index (κ1) is 21.4. The van der Waals surface area contributed by atoms with Crippen molar-refractivity contribution in [2.24, 2.45) is 0 Å². The SMILES string of the molecule is CCN(CC)S(=O)(=O)c1cc(C(=O)N(C)Cc2ccc(C)cc2)ccc1Cl. The summed E-state index contributed by atoms with van der Waals surface area (Å²) in [5, 5.41) is 0.111. The number of nitrogens with zero attached hydrogens (tertiary/aromatic N) is 2. The first-order chi connectivity index (χ1) is 12.7. The van der Waals surface area contributed by atoms with Gasteiger partial charge in [-0.15, -0.1) is 0 Å². The Bertz CT molecular complexity index is 907. The average molecular weight is 409 g/mol. The van der Waals surface area contributed by atoms with Gasteiger partial charge < -0.3 is 4.90 Å². The van der Waals surface area contributed by atoms with E-state index in [4.69, 9.17) is 11.6 Å². The van der Waals surface area contributed by atoms with Crippen molar-refractivity contribution >= 4 is 27.5 Å². The molecule has 27 heavy (non-hydrogen) atoms. The van der Waals surface area contributed by atoms with Gasteiger partial charge in [-0.1, -0.05) is 55.3 Å². The maximum absolute atomic E-state index is 12.8. The lowest BCUT2D eigenvalue weighted by Crippen LogP contribution is -2.31. The summed E-state index contributed by atoms with van der Waals surface area (Å²) >= 11 is 6.14. The van der Waals surface area contributed by atoms with E-state index in [0.717, 1.165) is 11.1 Å². The monoisotopic (exact) mass is 408 g/mol. The highest BCUT2D eigenvalue weighted by Gasteiger charge is 2.26. The van der Waals surface area contributed by atoms with Crippen molar-refractivity contribution in [1.29, 1.82) is 0 Å². The molecule has 0 unspecified atom stereocenters. The summed E-state index contributed by atoms with van der Waals surface area (Å²) in [5.41, 5.74) is 2.44. The molecular weight excluding hydrogens is 384 g/mol. The molecule has 5 nitrogen and oxygen atoms in total. The van der Waals surface area contributed by atoms with Crippen LogP contribution in [0, 0.1) is 6.92 Å². The molecule has 2 rings (SSSR count). The number of hydrogen-bond acceptors (Lipinski definition) is 3. The molecule has 0 N–H and O–H groups in total. The second-order valence-electron chi connectivity index (χ2n) is 6.38. The Morgan fingerprint density at radius 2 is 1.63 bits per heavy atom. The summed E-state index contributed by atoms with van der Waals surface area (Å²) in [6.45, 7) is 6.63. The predicted molar refractivity (Wildman–Crippen MR) is 109 cm³/mol. The van der Waals surface area contributed by atoms with Crippen LogP contribution in [0.25, 0.3) is 0 Å². The smallest absolute Gasteiger partial charge is 0.253 e. The molecule has 0 radical (unpaired) electrons. The summed E-state index contributed by atoms with van der Waals surface area (Å²) in [6, 6.07) is 12.3. The van der Waals surface area contributed by atoms with Gasteiger partial charge in [0.15, 0.2) is 0 Å². The minimum atomic E-state index is -3.75. The van der Waals surface area contributed by atoms with Crippen LogP contribution in [0.2, 0.25) is 5.02 Å². The fraction of sp³-hybridized carbons (Fsp3) is 0.350. The zero-order valence-corrected chi connectivity index (χ0v) is 17.6. The number of rotatable bonds is 7. The molecule has 0 fully saturated rings. The van der Waals surface area contributed by atoms with E-state index in [2.05, 4.69) is 0 Å². The second-order valence-corrected chi connectivity index (χ2v) is 8.69. The number of carbonyl (C=O) groups is 1. The lowest BCUT2D eigenvalue weighted by Gasteiger charge is -2.21. The minimum Gasteiger partial charge on any atom is -0.337 e. The van der Waals surface area contributed by atoms with Gasteiger partial charge in [0, 0.05) is 32.2 Å². The number of halogens is 1. The number of benzene rings is 2. The third-order valence-electron chi connectivity index (χ3n) is 4.39. The van der Waals surface area contributed by atoms with Crippen LogP contribution in [0.4, 0.5) is 0 Å². The first-order valence-electron chi connectivity index (χ1n) is 8.81. The van der Waals surface area contributed by atoms with E-state index in [9.17, 15) is 13.2 Å². The van der Waals surface area contributed by atoms with E-state index in [-0.39, 0.29) is 15.8 Å². The number of aryl methyl sites for hydroxylation is 1. The van der Waals surface area contributed by atoms with Gasteiger partial charge in [-0.05, 0) is 30.7 Å². The molecule has 1 amide bonds. The van der Waals surface area contributed by atoms with Crippen molar-refractivity contribution < 1.29 is 13.2 Å². The largest absolute Gasteiger partial charge is 0.337 e. The van der Waals surface area contributed by atoms with Crippen molar-refractivity contribution in [3.8, 4) is 0 Å². The molecule has 0 heterocycles. The van der Waals surface area contributed by atoms with E-state index in [0.29, 0.717) is 25.2 Å². The summed E-state index contributed by atoms with van der Waals surface area (Å²) < 4.78 is 26.9. The Morgan fingerprint density at radius 1 is 1.04 bits per heavy atom. The summed E-state index contributed by atoms with van der Waals surface area (Å²) in [7, 11) is -2.06. The third-order valence-corrected chi connectivity index (χ3v) is 6.92. The third kappa shape index (κ3) is 4.89. The van der Waals surface area contributed by atoms with Gasteiger partial charge in [0.2, 0.25) is 10.0 Å². The van der Waals surface area contributed by atoms with Gasteiger partial charge in [-0.2, -0.15) is 4.31 Å². The molecule has 146 valence electrons. The van der Waals surface area contributed by atoms with Gasteiger partial charge in [-0.3, -0.25) is 4.79 Å². The summed E-state index contributed by atoms with van der Waals surface area (Å²) in [5.74, 6) is -0.261. The second kappa shape index (κ2) is 8.87. The Labute approximate surface area is 166 Å². The van der Waals surface area contributed by atoms with Crippen molar-refractivity contribution in [1.82, 2.24) is 9.21 Å². The summed E-state index contributed by atoms with van der Waals surface area (Å²) in [6.07, 6.45) is 0. The Kier molecular flexibility index (Phi) is 7.03. The van der Waals surface area contributed by atoms with E-state index in [1.807, 2.05) is 31.2 Å². The van der Waals surface area contributed by atoms with Gasteiger partial charge in [0.25, 0.3) is 5.91 Å². The van der Waals surface area contributed by atoms with Crippen molar-refractivity contribution in [2.45, 2.75) is 32.2 Å². The molecule has 0 aliphatic heterocycles. The molecule has 0 aliphatic rings. The molecular formula is C20H25ClN2O3S. The topological polar surface area (TPSA) is 57.7 Å². The number of sulfonamides is 1. The van der Waals surface area contributed by atoms with E-state index in [1.165, 1.54) is 16.4 Å². The van der Waals surface area contributed by atoms with Crippen LogP contribution in [0.1, 0.15) is 35.3 Å². The Morgan fingerprint density at radius 3 is 2.19 bits per heavy atom. The van der Waals surface area contributed by atoms with Crippen LogP contribution in [-0.2, 0) is 16.6 Å². The molecule has 0 spiro atoms. The number of amides is 1. The Hall–Kier alpha value is -1.89. The van der Waals surface area contributed by atoms with Crippen molar-refractivity contribution in [3.63, 3.8) is 0 Å². The molecule has 7 heteroatoms. The molecule has 0 saturated carbocycles. The number of hydrogen-bond donors (Lipinski definition) is 0. The molecule has 0 aromatic heterocycles. The fourth-order valence-electron chi connectivity index (χ4n) is 2.80. The fourth-order valence-corrected chi connectivity index (χ4v) is 4.75. The lowest BCUT2D eigenvalue weighted by atomic mass is 10.1. The quantitative estimate of drug-likeness (QED) is 0.696. The van der Waals surface area contributed by atoms with Crippen LogP contribution < -0.4 is 0 Å². The highest BCUT2D eigenvalue weighted by Crippen LogP contribution is 2.26. The van der Waals surface area contributed by atoms with Crippen LogP contribution in [0.5, 0.6) is 0 Å². The molecule has 0 bridgehead atoms. The van der Waals surface area contributed by atoms with Gasteiger partial charge in [0.1, 0.15) is 4.90 Å². The predicted octanol–water partition coefficient (Wildman–Crippen LogP) is 3.95. The highest BCUT2D eigenvalue weighted by atomic mass is 35.5. The summed E-state index contributed by atoms with van der Waals surface area (Å²) in [4.78, 5) is 14.3. The normalized spacial score (nSPS) is 11.6. The van der Waals surface area contributed by atoms with E-state index >= 15 is 0 Å². The van der Waals surface area contributed by atoms with Gasteiger partial charge in [-0.25, -0.2) is 8.42 Å². The van der Waals surface area contributed by atoms with E-state index in [1.54, 1.807) is 31.9 Å². The van der Waals surface area contributed by atoms with Crippen LogP contribution in [0.15, 0.2) is 47.4 Å². The van der Waals surface area contributed by atoms with E-state index < -0.39 is 10.0 Å². The molecule has 2 aromatic rings. The Balaban J connectivity index is 2.30. The minimum absolute atomic E-state index is 0.0394. The van der Waals surface area contributed by atoms with Crippen molar-refractivity contribution in [3.05, 3.63) is 64.2 Å². The zero-order chi connectivity index (χ0) is 20.2. The molecule has 0 saturated heterocycles. The van der Waals surface area contributed by atoms with Crippen LogP contribution >= 0.6 is 11.6 Å². The van der Waals surface area contributed by atoms with Crippen LogP contribution in [0.3, 0.4) is 0 Å².